The molecule has 1 aromatic carbocycles. The van der Waals surface area contributed by atoms with Crippen LogP contribution in [0.15, 0.2) is 12.1 Å². The molecule has 0 radical (unpaired) electrons. The quantitative estimate of drug-likeness (QED) is 0.440. The number of aldehydes is 1. The Morgan fingerprint density at radius 3 is 2.67 bits per heavy atom. The van der Waals surface area contributed by atoms with E-state index in [1.165, 1.54) is 13.2 Å². The minimum atomic E-state index is -0.701. The lowest BCUT2D eigenvalue weighted by atomic mass is 10.1. The minimum Gasteiger partial charge on any atom is -0.493 e. The fourth-order valence-corrected chi connectivity index (χ4v) is 1.55. The van der Waals surface area contributed by atoms with E-state index in [4.69, 9.17) is 9.47 Å². The molecule has 114 valence electrons. The zero-order valence-corrected chi connectivity index (χ0v) is 11.8. The molecular weight excluding hydrogens is 280 g/mol. The van der Waals surface area contributed by atoms with Crippen LogP contribution in [0.2, 0.25) is 0 Å². The zero-order valence-electron chi connectivity index (χ0n) is 11.8. The van der Waals surface area contributed by atoms with Crippen molar-refractivity contribution in [2.45, 2.75) is 13.3 Å². The maximum Gasteiger partial charge on any atom is 0.283 e. The number of nitro groups is 1. The van der Waals surface area contributed by atoms with E-state index in [2.05, 4.69) is 5.32 Å². The van der Waals surface area contributed by atoms with Crippen molar-refractivity contribution in [2.24, 2.45) is 0 Å². The fourth-order valence-electron chi connectivity index (χ4n) is 1.55. The van der Waals surface area contributed by atoms with Gasteiger partial charge < -0.3 is 14.8 Å². The topological polar surface area (TPSA) is 108 Å². The first-order valence-electron chi connectivity index (χ1n) is 6.24. The van der Waals surface area contributed by atoms with Crippen molar-refractivity contribution in [2.75, 3.05) is 20.3 Å². The van der Waals surface area contributed by atoms with Gasteiger partial charge in [-0.1, -0.05) is 6.92 Å². The number of carbonyl (C=O) groups is 2. The highest BCUT2D eigenvalue weighted by atomic mass is 16.6. The van der Waals surface area contributed by atoms with Crippen LogP contribution in [0.25, 0.3) is 0 Å². The van der Waals surface area contributed by atoms with E-state index in [-0.39, 0.29) is 29.6 Å². The van der Waals surface area contributed by atoms with Crippen molar-refractivity contribution in [1.29, 1.82) is 0 Å². The third-order valence-electron chi connectivity index (χ3n) is 2.57. The van der Waals surface area contributed by atoms with Crippen molar-refractivity contribution in [1.82, 2.24) is 5.32 Å². The molecule has 1 aromatic rings. The predicted molar refractivity (Wildman–Crippen MR) is 73.8 cm³/mol. The molecule has 8 nitrogen and oxygen atoms in total. The molecule has 1 rings (SSSR count). The van der Waals surface area contributed by atoms with Crippen molar-refractivity contribution >= 4 is 17.9 Å². The number of hydrogen-bond donors (Lipinski definition) is 1. The third-order valence-corrected chi connectivity index (χ3v) is 2.57. The lowest BCUT2D eigenvalue weighted by Gasteiger charge is -2.11. The number of nitrogens with zero attached hydrogens (tertiary/aromatic N) is 1. The summed E-state index contributed by atoms with van der Waals surface area (Å²) in [6, 6.07) is 2.26. The Morgan fingerprint density at radius 2 is 2.14 bits per heavy atom. The second-order valence-electron chi connectivity index (χ2n) is 4.08. The highest BCUT2D eigenvalue weighted by molar-refractivity contribution is 5.83. The van der Waals surface area contributed by atoms with Gasteiger partial charge >= 0.3 is 0 Å². The number of amides is 1. The lowest BCUT2D eigenvalue weighted by molar-refractivity contribution is -0.385. The van der Waals surface area contributed by atoms with Gasteiger partial charge in [0.1, 0.15) is 0 Å². The van der Waals surface area contributed by atoms with Crippen molar-refractivity contribution in [3.8, 4) is 11.5 Å². The van der Waals surface area contributed by atoms with E-state index in [0.717, 1.165) is 12.5 Å². The highest BCUT2D eigenvalue weighted by Gasteiger charge is 2.19. The summed E-state index contributed by atoms with van der Waals surface area (Å²) in [6.07, 6.45) is 1.15. The molecule has 1 N–H and O–H groups in total. The SMILES string of the molecule is CCCNC(=O)COc1cc([N+](=O)[O-])c(C=O)cc1OC. The van der Waals surface area contributed by atoms with Gasteiger partial charge in [-0.3, -0.25) is 19.7 Å². The number of rotatable bonds is 8. The monoisotopic (exact) mass is 296 g/mol. The summed E-state index contributed by atoms with van der Waals surface area (Å²) < 4.78 is 10.2. The number of methoxy groups -OCH3 is 1. The summed E-state index contributed by atoms with van der Waals surface area (Å²) in [4.78, 5) is 32.5. The standard InChI is InChI=1S/C13H16N2O6/c1-3-4-14-13(17)8-21-12-6-10(15(18)19)9(7-16)5-11(12)20-2/h5-7H,3-4,8H2,1-2H3,(H,14,17). The molecule has 0 fully saturated rings. The predicted octanol–water partition coefficient (Wildman–Crippen LogP) is 1.32. The van der Waals surface area contributed by atoms with Gasteiger partial charge in [0.25, 0.3) is 11.6 Å². The van der Waals surface area contributed by atoms with Gasteiger partial charge in [0, 0.05) is 12.6 Å². The van der Waals surface area contributed by atoms with Crippen LogP contribution in [0, 0.1) is 10.1 Å². The van der Waals surface area contributed by atoms with Crippen LogP contribution in [0.4, 0.5) is 5.69 Å². The van der Waals surface area contributed by atoms with Crippen LogP contribution >= 0.6 is 0 Å². The van der Waals surface area contributed by atoms with Gasteiger partial charge in [-0.15, -0.1) is 0 Å². The molecule has 0 spiro atoms. The third kappa shape index (κ3) is 4.44. The smallest absolute Gasteiger partial charge is 0.283 e. The second kappa shape index (κ2) is 7.83. The lowest BCUT2D eigenvalue weighted by Crippen LogP contribution is -2.29. The van der Waals surface area contributed by atoms with E-state index < -0.39 is 10.6 Å². The van der Waals surface area contributed by atoms with Gasteiger partial charge in [0.05, 0.1) is 23.7 Å². The Labute approximate surface area is 121 Å². The van der Waals surface area contributed by atoms with Crippen molar-refractivity contribution in [3.63, 3.8) is 0 Å². The van der Waals surface area contributed by atoms with Crippen LogP contribution in [-0.4, -0.2) is 37.4 Å². The highest BCUT2D eigenvalue weighted by Crippen LogP contribution is 2.33. The summed E-state index contributed by atoms with van der Waals surface area (Å²) in [6.45, 7) is 2.13. The first kappa shape index (κ1) is 16.4. The first-order valence-corrected chi connectivity index (χ1v) is 6.24. The van der Waals surface area contributed by atoms with Gasteiger partial charge in [0.15, 0.2) is 24.4 Å². The molecule has 0 heterocycles. The Morgan fingerprint density at radius 1 is 1.43 bits per heavy atom. The molecule has 1 amide bonds. The van der Waals surface area contributed by atoms with E-state index in [1.54, 1.807) is 0 Å². The van der Waals surface area contributed by atoms with E-state index in [9.17, 15) is 19.7 Å². The van der Waals surface area contributed by atoms with Crippen molar-refractivity contribution < 1.29 is 24.0 Å². The van der Waals surface area contributed by atoms with Crippen molar-refractivity contribution in [3.05, 3.63) is 27.8 Å². The molecule has 0 bridgehead atoms. The summed E-state index contributed by atoms with van der Waals surface area (Å²) in [5.74, 6) is -0.173. The number of hydrogen-bond acceptors (Lipinski definition) is 6. The van der Waals surface area contributed by atoms with Gasteiger partial charge in [0.2, 0.25) is 0 Å². The first-order chi connectivity index (χ1) is 10.0. The van der Waals surface area contributed by atoms with Crippen LogP contribution < -0.4 is 14.8 Å². The zero-order chi connectivity index (χ0) is 15.8. The summed E-state index contributed by atoms with van der Waals surface area (Å²) >= 11 is 0. The molecule has 0 aliphatic heterocycles. The van der Waals surface area contributed by atoms with Crippen LogP contribution in [0.5, 0.6) is 11.5 Å². The number of carbonyl (C=O) groups excluding carboxylic acids is 2. The van der Waals surface area contributed by atoms with Crippen LogP contribution in [0.1, 0.15) is 23.7 Å². The normalized spacial score (nSPS) is 9.81. The summed E-state index contributed by atoms with van der Waals surface area (Å²) in [5.41, 5.74) is -0.533. The average molecular weight is 296 g/mol. The number of nitro benzene ring substituents is 1. The van der Waals surface area contributed by atoms with Crippen LogP contribution in [-0.2, 0) is 4.79 Å². The average Bonchev–Trinajstić information content (AvgIpc) is 2.49. The Kier molecular flexibility index (Phi) is 6.12. The largest absolute Gasteiger partial charge is 0.493 e. The van der Waals surface area contributed by atoms with Gasteiger partial charge in [-0.25, -0.2) is 0 Å². The maximum absolute atomic E-state index is 11.4. The minimum absolute atomic E-state index is 0.0291. The molecule has 8 heteroatoms. The maximum atomic E-state index is 11.4. The molecule has 0 aliphatic carbocycles. The second-order valence-corrected chi connectivity index (χ2v) is 4.08. The molecule has 0 aliphatic rings. The summed E-state index contributed by atoms with van der Waals surface area (Å²) in [7, 11) is 1.33. The Hall–Kier alpha value is -2.64. The Bertz CT molecular complexity index is 544. The van der Waals surface area contributed by atoms with E-state index >= 15 is 0 Å². The molecule has 0 atom stereocenters. The molecule has 0 saturated heterocycles. The Balaban J connectivity index is 2.94. The summed E-state index contributed by atoms with van der Waals surface area (Å²) in [5, 5.41) is 13.5. The van der Waals surface area contributed by atoms with E-state index in [0.29, 0.717) is 12.8 Å². The van der Waals surface area contributed by atoms with Gasteiger partial charge in [-0.05, 0) is 6.42 Å². The fraction of sp³-hybridized carbons (Fsp3) is 0.385. The number of benzene rings is 1. The molecular formula is C13H16N2O6. The molecule has 0 aromatic heterocycles. The molecule has 0 unspecified atom stereocenters. The molecule has 0 saturated carbocycles. The van der Waals surface area contributed by atoms with E-state index in [1.807, 2.05) is 6.92 Å². The van der Waals surface area contributed by atoms with Gasteiger partial charge in [-0.2, -0.15) is 0 Å². The molecule has 21 heavy (non-hydrogen) atoms. The number of ether oxygens (including phenoxy) is 2. The number of nitrogens with one attached hydrogen (secondary N) is 1. The van der Waals surface area contributed by atoms with Crippen LogP contribution in [0.3, 0.4) is 0 Å².